The lowest BCUT2D eigenvalue weighted by molar-refractivity contribution is 0.0958. The van der Waals surface area contributed by atoms with Gasteiger partial charge in [0.05, 0.1) is 6.54 Å². The van der Waals surface area contributed by atoms with Crippen molar-refractivity contribution in [3.8, 4) is 0 Å². The fourth-order valence-electron chi connectivity index (χ4n) is 1.87. The zero-order valence-corrected chi connectivity index (χ0v) is 11.5. The van der Waals surface area contributed by atoms with Gasteiger partial charge in [0.1, 0.15) is 5.82 Å². The molecular formula is C12H18N6O2. The molecule has 0 spiro atoms. The highest BCUT2D eigenvalue weighted by Gasteiger charge is 2.12. The van der Waals surface area contributed by atoms with E-state index < -0.39 is 5.91 Å². The van der Waals surface area contributed by atoms with Crippen LogP contribution in [0.4, 0.5) is 0 Å². The molecule has 0 saturated heterocycles. The largest absolute Gasteiger partial charge is 0.361 e. The van der Waals surface area contributed by atoms with Crippen molar-refractivity contribution in [1.29, 1.82) is 0 Å². The van der Waals surface area contributed by atoms with Gasteiger partial charge < -0.3 is 20.1 Å². The van der Waals surface area contributed by atoms with Gasteiger partial charge in [-0.25, -0.2) is 4.98 Å². The van der Waals surface area contributed by atoms with E-state index in [0.29, 0.717) is 12.4 Å². The van der Waals surface area contributed by atoms with Crippen LogP contribution in [-0.4, -0.2) is 31.6 Å². The molecule has 2 heterocycles. The Morgan fingerprint density at radius 2 is 2.40 bits per heavy atom. The minimum atomic E-state index is -0.720. The standard InChI is InChI=1S/C12H18N6O2/c1-3-10-14-4-5-18(10)7-8(2)15-6-9-16-12(11(13)19)20-17-9/h4-5,8,15H,3,6-7H2,1-2H3,(H2,13,19)/t8-/m0/s1. The lowest BCUT2D eigenvalue weighted by atomic mass is 10.3. The maximum absolute atomic E-state index is 10.8. The maximum atomic E-state index is 10.8. The van der Waals surface area contributed by atoms with Crippen LogP contribution in [0.3, 0.4) is 0 Å². The number of nitrogens with one attached hydrogen (secondary N) is 1. The van der Waals surface area contributed by atoms with Gasteiger partial charge in [-0.05, 0) is 6.92 Å². The Kier molecular flexibility index (Phi) is 4.46. The molecule has 0 aromatic carbocycles. The Hall–Kier alpha value is -2.22. The summed E-state index contributed by atoms with van der Waals surface area (Å²) in [5.74, 6) is 0.571. The van der Waals surface area contributed by atoms with Gasteiger partial charge >= 0.3 is 11.8 Å². The Morgan fingerprint density at radius 1 is 1.60 bits per heavy atom. The summed E-state index contributed by atoms with van der Waals surface area (Å²) in [5, 5.41) is 6.93. The third-order valence-corrected chi connectivity index (χ3v) is 2.88. The molecule has 0 unspecified atom stereocenters. The molecule has 1 atom stereocenters. The maximum Gasteiger partial charge on any atom is 0.315 e. The molecule has 108 valence electrons. The highest BCUT2D eigenvalue weighted by molar-refractivity contribution is 5.87. The first kappa shape index (κ1) is 14.2. The van der Waals surface area contributed by atoms with Crippen molar-refractivity contribution in [1.82, 2.24) is 25.0 Å². The molecule has 1 amide bonds. The van der Waals surface area contributed by atoms with Crippen molar-refractivity contribution in [2.75, 3.05) is 0 Å². The van der Waals surface area contributed by atoms with Crippen LogP contribution < -0.4 is 11.1 Å². The Balaban J connectivity index is 1.85. The zero-order chi connectivity index (χ0) is 14.5. The fraction of sp³-hybridized carbons (Fsp3) is 0.500. The lowest BCUT2D eigenvalue weighted by Crippen LogP contribution is -2.30. The number of carbonyl (C=O) groups is 1. The Morgan fingerprint density at radius 3 is 3.05 bits per heavy atom. The van der Waals surface area contributed by atoms with Crippen molar-refractivity contribution in [2.45, 2.75) is 39.4 Å². The number of hydrogen-bond donors (Lipinski definition) is 2. The monoisotopic (exact) mass is 278 g/mol. The van der Waals surface area contributed by atoms with Crippen LogP contribution in [0.25, 0.3) is 0 Å². The molecule has 3 N–H and O–H groups in total. The highest BCUT2D eigenvalue weighted by Crippen LogP contribution is 2.02. The summed E-state index contributed by atoms with van der Waals surface area (Å²) >= 11 is 0. The van der Waals surface area contributed by atoms with Crippen LogP contribution in [0.1, 0.15) is 36.2 Å². The van der Waals surface area contributed by atoms with E-state index in [9.17, 15) is 4.79 Å². The molecule has 0 fully saturated rings. The number of aromatic nitrogens is 4. The predicted octanol–water partition coefficient (Wildman–Crippen LogP) is 0.106. The van der Waals surface area contributed by atoms with Gasteiger partial charge in [-0.1, -0.05) is 12.1 Å². The first-order chi connectivity index (χ1) is 9.60. The van der Waals surface area contributed by atoms with E-state index >= 15 is 0 Å². The van der Waals surface area contributed by atoms with E-state index in [-0.39, 0.29) is 11.9 Å². The number of carbonyl (C=O) groups excluding carboxylic acids is 1. The molecule has 8 nitrogen and oxygen atoms in total. The number of hydrogen-bond acceptors (Lipinski definition) is 6. The normalized spacial score (nSPS) is 12.5. The SMILES string of the molecule is CCc1nccn1C[C@H](C)NCc1noc(C(N)=O)n1. The average Bonchev–Trinajstić information content (AvgIpc) is 3.04. The minimum Gasteiger partial charge on any atom is -0.361 e. The number of amides is 1. The summed E-state index contributed by atoms with van der Waals surface area (Å²) in [6, 6.07) is 0.199. The summed E-state index contributed by atoms with van der Waals surface area (Å²) in [6.45, 7) is 5.33. The van der Waals surface area contributed by atoms with Gasteiger partial charge in [0, 0.05) is 31.4 Å². The van der Waals surface area contributed by atoms with Crippen LogP contribution in [-0.2, 0) is 19.5 Å². The second-order valence-corrected chi connectivity index (χ2v) is 4.51. The van der Waals surface area contributed by atoms with Crippen LogP contribution in [0.15, 0.2) is 16.9 Å². The number of imidazole rings is 1. The van der Waals surface area contributed by atoms with Crippen LogP contribution >= 0.6 is 0 Å². The lowest BCUT2D eigenvalue weighted by Gasteiger charge is -2.14. The average molecular weight is 278 g/mol. The molecule has 0 radical (unpaired) electrons. The number of nitrogens with two attached hydrogens (primary N) is 1. The molecule has 0 aliphatic heterocycles. The number of rotatable bonds is 7. The van der Waals surface area contributed by atoms with Gasteiger partial charge in [0.25, 0.3) is 0 Å². The topological polar surface area (TPSA) is 112 Å². The first-order valence-corrected chi connectivity index (χ1v) is 6.46. The number of nitrogens with zero attached hydrogens (tertiary/aromatic N) is 4. The molecule has 0 aliphatic carbocycles. The molecule has 2 aromatic heterocycles. The molecular weight excluding hydrogens is 260 g/mol. The van der Waals surface area contributed by atoms with Crippen LogP contribution in [0, 0.1) is 0 Å². The first-order valence-electron chi connectivity index (χ1n) is 6.46. The van der Waals surface area contributed by atoms with E-state index in [2.05, 4.69) is 38.9 Å². The van der Waals surface area contributed by atoms with Gasteiger partial charge in [0.2, 0.25) is 0 Å². The second kappa shape index (κ2) is 6.29. The van der Waals surface area contributed by atoms with E-state index in [0.717, 1.165) is 18.8 Å². The van der Waals surface area contributed by atoms with E-state index in [4.69, 9.17) is 10.3 Å². The van der Waals surface area contributed by atoms with Crippen LogP contribution in [0.2, 0.25) is 0 Å². The molecule has 20 heavy (non-hydrogen) atoms. The summed E-state index contributed by atoms with van der Waals surface area (Å²) in [7, 11) is 0. The third kappa shape index (κ3) is 3.41. The third-order valence-electron chi connectivity index (χ3n) is 2.88. The molecule has 0 aliphatic rings. The number of primary amides is 1. The van der Waals surface area contributed by atoms with Gasteiger partial charge in [0.15, 0.2) is 5.82 Å². The van der Waals surface area contributed by atoms with Gasteiger partial charge in [-0.2, -0.15) is 4.98 Å². The molecule has 8 heteroatoms. The summed E-state index contributed by atoms with van der Waals surface area (Å²) in [6.07, 6.45) is 4.65. The minimum absolute atomic E-state index is 0.169. The van der Waals surface area contributed by atoms with E-state index in [1.807, 2.05) is 6.20 Å². The predicted molar refractivity (Wildman–Crippen MR) is 70.7 cm³/mol. The van der Waals surface area contributed by atoms with Crippen molar-refractivity contribution < 1.29 is 9.32 Å². The smallest absolute Gasteiger partial charge is 0.315 e. The number of aryl methyl sites for hydroxylation is 1. The highest BCUT2D eigenvalue weighted by atomic mass is 16.5. The molecule has 0 bridgehead atoms. The fourth-order valence-corrected chi connectivity index (χ4v) is 1.87. The quantitative estimate of drug-likeness (QED) is 0.743. The second-order valence-electron chi connectivity index (χ2n) is 4.51. The van der Waals surface area contributed by atoms with Crippen molar-refractivity contribution in [3.63, 3.8) is 0 Å². The van der Waals surface area contributed by atoms with Gasteiger partial charge in [-0.15, -0.1) is 0 Å². The zero-order valence-electron chi connectivity index (χ0n) is 11.5. The Bertz CT molecular complexity index is 576. The van der Waals surface area contributed by atoms with Crippen molar-refractivity contribution in [2.24, 2.45) is 5.73 Å². The molecule has 0 saturated carbocycles. The van der Waals surface area contributed by atoms with Crippen molar-refractivity contribution in [3.05, 3.63) is 29.9 Å². The van der Waals surface area contributed by atoms with E-state index in [1.165, 1.54) is 0 Å². The Labute approximate surface area is 116 Å². The summed E-state index contributed by atoms with van der Waals surface area (Å²) in [4.78, 5) is 19.0. The van der Waals surface area contributed by atoms with Gasteiger partial charge in [-0.3, -0.25) is 4.79 Å². The summed E-state index contributed by atoms with van der Waals surface area (Å²) < 4.78 is 6.81. The molecule has 2 rings (SSSR count). The van der Waals surface area contributed by atoms with E-state index in [1.54, 1.807) is 6.20 Å². The van der Waals surface area contributed by atoms with Crippen LogP contribution in [0.5, 0.6) is 0 Å². The summed E-state index contributed by atoms with van der Waals surface area (Å²) in [5.41, 5.74) is 5.04. The molecule has 2 aromatic rings. The van der Waals surface area contributed by atoms with Crippen molar-refractivity contribution >= 4 is 5.91 Å².